The van der Waals surface area contributed by atoms with Crippen LogP contribution in [0.4, 0.5) is 0 Å². The van der Waals surface area contributed by atoms with Crippen molar-refractivity contribution < 1.29 is 23.9 Å². The zero-order valence-corrected chi connectivity index (χ0v) is 8.19. The Balaban J connectivity index is 4.07. The molecule has 0 aliphatic carbocycles. The first-order valence-corrected chi connectivity index (χ1v) is 4.10. The number of amides is 1. The summed E-state index contributed by atoms with van der Waals surface area (Å²) in [7, 11) is 0. The Morgan fingerprint density at radius 2 is 1.80 bits per heavy atom. The minimum absolute atomic E-state index is 0.411. The summed E-state index contributed by atoms with van der Waals surface area (Å²) in [6.07, 6.45) is -0.915. The molecule has 7 heteroatoms. The monoisotopic (exact) mass is 216 g/mol. The van der Waals surface area contributed by atoms with Gasteiger partial charge in [-0.05, 0) is 6.92 Å². The summed E-state index contributed by atoms with van der Waals surface area (Å²) in [5.41, 5.74) is 9.96. The van der Waals surface area contributed by atoms with Crippen molar-refractivity contribution in [3.63, 3.8) is 0 Å². The van der Waals surface area contributed by atoms with Crippen LogP contribution in [0.15, 0.2) is 0 Å². The van der Waals surface area contributed by atoms with E-state index in [9.17, 15) is 19.2 Å². The van der Waals surface area contributed by atoms with Crippen molar-refractivity contribution in [2.45, 2.75) is 25.8 Å². The van der Waals surface area contributed by atoms with Crippen LogP contribution in [0.3, 0.4) is 0 Å². The van der Waals surface area contributed by atoms with Crippen molar-refractivity contribution in [3.05, 3.63) is 0 Å². The molecule has 0 aliphatic heterocycles. The Hall–Kier alpha value is -1.76. The molecule has 0 saturated heterocycles. The van der Waals surface area contributed by atoms with Crippen LogP contribution in [0.1, 0.15) is 19.8 Å². The average molecular weight is 216 g/mol. The van der Waals surface area contributed by atoms with Gasteiger partial charge in [0.2, 0.25) is 5.91 Å². The largest absolute Gasteiger partial charge is 0.392 e. The number of esters is 2. The van der Waals surface area contributed by atoms with Gasteiger partial charge in [-0.3, -0.25) is 14.4 Å². The molecule has 4 N–H and O–H groups in total. The summed E-state index contributed by atoms with van der Waals surface area (Å²) >= 11 is 0. The molecule has 1 atom stereocenters. The van der Waals surface area contributed by atoms with Gasteiger partial charge in [0.25, 0.3) is 0 Å². The van der Waals surface area contributed by atoms with Crippen molar-refractivity contribution in [2.24, 2.45) is 11.5 Å². The third-order valence-electron chi connectivity index (χ3n) is 1.33. The maximum atomic E-state index is 11.0. The number of ether oxygens (including phenoxy) is 1. The van der Waals surface area contributed by atoms with Gasteiger partial charge in [0.1, 0.15) is 18.2 Å². The van der Waals surface area contributed by atoms with E-state index in [1.165, 1.54) is 6.92 Å². The molecule has 0 rings (SSSR count). The lowest BCUT2D eigenvalue weighted by atomic mass is 10.2. The van der Waals surface area contributed by atoms with Gasteiger partial charge in [0, 0.05) is 0 Å². The number of carbonyl (C=O) groups is 4. The number of hydrogen-bond donors (Lipinski definition) is 2. The maximum absolute atomic E-state index is 11.0. The van der Waals surface area contributed by atoms with Crippen LogP contribution in [-0.4, -0.2) is 29.7 Å². The summed E-state index contributed by atoms with van der Waals surface area (Å²) < 4.78 is 4.19. The van der Waals surface area contributed by atoms with Gasteiger partial charge in [0.15, 0.2) is 0 Å². The Kier molecular flexibility index (Phi) is 5.18. The van der Waals surface area contributed by atoms with Crippen LogP contribution < -0.4 is 11.5 Å². The topological polar surface area (TPSA) is 130 Å². The number of Topliss-reactive ketones (excluding diaryl/α,β-unsaturated/α-hetero) is 1. The number of hydrogen-bond acceptors (Lipinski definition) is 6. The van der Waals surface area contributed by atoms with E-state index in [0.717, 1.165) is 0 Å². The predicted octanol–water partition coefficient (Wildman–Crippen LogP) is -1.76. The zero-order valence-electron chi connectivity index (χ0n) is 8.19. The number of nitrogens with two attached hydrogens (primary N) is 2. The second kappa shape index (κ2) is 5.86. The lowest BCUT2D eigenvalue weighted by molar-refractivity contribution is -0.161. The molecular formula is C8H12N2O5. The molecule has 84 valence electrons. The van der Waals surface area contributed by atoms with Gasteiger partial charge < -0.3 is 16.2 Å². The molecule has 1 amide bonds. The second-order valence-electron chi connectivity index (χ2n) is 2.95. The summed E-state index contributed by atoms with van der Waals surface area (Å²) in [5.74, 6) is -3.28. The molecule has 0 unspecified atom stereocenters. The zero-order chi connectivity index (χ0) is 12.0. The minimum atomic E-state index is -1.28. The SMILES string of the molecule is CC(=O)CC(=O)OC(=O)[C@@H](N)CC(N)=O. The summed E-state index contributed by atoms with van der Waals surface area (Å²) in [4.78, 5) is 42.6. The molecule has 0 aliphatic rings. The van der Waals surface area contributed by atoms with Gasteiger partial charge >= 0.3 is 11.9 Å². The molecule has 0 heterocycles. The van der Waals surface area contributed by atoms with Gasteiger partial charge in [-0.1, -0.05) is 0 Å². The van der Waals surface area contributed by atoms with E-state index in [1.807, 2.05) is 0 Å². The first-order valence-electron chi connectivity index (χ1n) is 4.10. The number of ketones is 1. The van der Waals surface area contributed by atoms with Crippen LogP contribution in [0, 0.1) is 0 Å². The summed E-state index contributed by atoms with van der Waals surface area (Å²) in [5, 5.41) is 0. The summed E-state index contributed by atoms with van der Waals surface area (Å²) in [6.45, 7) is 1.18. The Morgan fingerprint density at radius 3 is 2.20 bits per heavy atom. The van der Waals surface area contributed by atoms with E-state index >= 15 is 0 Å². The highest BCUT2D eigenvalue weighted by Gasteiger charge is 2.21. The van der Waals surface area contributed by atoms with Crippen LogP contribution in [0.2, 0.25) is 0 Å². The van der Waals surface area contributed by atoms with Crippen molar-refractivity contribution in [3.8, 4) is 0 Å². The van der Waals surface area contributed by atoms with Gasteiger partial charge in [-0.25, -0.2) is 4.79 Å². The fourth-order valence-electron chi connectivity index (χ4n) is 0.727. The van der Waals surface area contributed by atoms with Gasteiger partial charge in [-0.15, -0.1) is 0 Å². The number of primary amides is 1. The molecule has 0 aromatic rings. The van der Waals surface area contributed by atoms with Crippen LogP contribution in [-0.2, 0) is 23.9 Å². The number of carbonyl (C=O) groups excluding carboxylic acids is 4. The van der Waals surface area contributed by atoms with E-state index in [-0.39, 0.29) is 0 Å². The predicted molar refractivity (Wildman–Crippen MR) is 48.2 cm³/mol. The molecule has 0 radical (unpaired) electrons. The van der Waals surface area contributed by atoms with E-state index in [0.29, 0.717) is 0 Å². The maximum Gasteiger partial charge on any atom is 0.331 e. The third kappa shape index (κ3) is 6.33. The molecule has 0 saturated carbocycles. The van der Waals surface area contributed by atoms with E-state index < -0.39 is 42.5 Å². The minimum Gasteiger partial charge on any atom is -0.392 e. The highest BCUT2D eigenvalue weighted by Crippen LogP contribution is 1.95. The first-order chi connectivity index (χ1) is 6.82. The van der Waals surface area contributed by atoms with E-state index in [1.54, 1.807) is 0 Å². The van der Waals surface area contributed by atoms with E-state index in [4.69, 9.17) is 11.5 Å². The lowest BCUT2D eigenvalue weighted by Gasteiger charge is -2.07. The fraction of sp³-hybridized carbons (Fsp3) is 0.500. The van der Waals surface area contributed by atoms with Crippen molar-refractivity contribution in [1.29, 1.82) is 0 Å². The molecular weight excluding hydrogens is 204 g/mol. The van der Waals surface area contributed by atoms with Crippen molar-refractivity contribution in [1.82, 2.24) is 0 Å². The first kappa shape index (κ1) is 13.2. The molecule has 0 aromatic heterocycles. The Morgan fingerprint density at radius 1 is 1.27 bits per heavy atom. The average Bonchev–Trinajstić information content (AvgIpc) is 2.00. The van der Waals surface area contributed by atoms with E-state index in [2.05, 4.69) is 4.74 Å². The highest BCUT2D eigenvalue weighted by atomic mass is 16.6. The lowest BCUT2D eigenvalue weighted by Crippen LogP contribution is -2.37. The molecule has 0 aromatic carbocycles. The van der Waals surface area contributed by atoms with Crippen LogP contribution in [0.25, 0.3) is 0 Å². The normalized spacial score (nSPS) is 11.6. The smallest absolute Gasteiger partial charge is 0.331 e. The van der Waals surface area contributed by atoms with Gasteiger partial charge in [-0.2, -0.15) is 0 Å². The fourth-order valence-corrected chi connectivity index (χ4v) is 0.727. The van der Waals surface area contributed by atoms with Crippen LogP contribution in [0.5, 0.6) is 0 Å². The van der Waals surface area contributed by atoms with Gasteiger partial charge in [0.05, 0.1) is 6.42 Å². The quantitative estimate of drug-likeness (QED) is 0.413. The number of rotatable bonds is 5. The molecule has 0 fully saturated rings. The van der Waals surface area contributed by atoms with Crippen molar-refractivity contribution in [2.75, 3.05) is 0 Å². The third-order valence-corrected chi connectivity index (χ3v) is 1.33. The molecule has 0 spiro atoms. The second-order valence-corrected chi connectivity index (χ2v) is 2.95. The van der Waals surface area contributed by atoms with Crippen molar-refractivity contribution >= 4 is 23.6 Å². The highest BCUT2D eigenvalue weighted by molar-refractivity contribution is 5.99. The summed E-state index contributed by atoms with van der Waals surface area (Å²) in [6, 6.07) is -1.28. The molecule has 15 heavy (non-hydrogen) atoms. The molecule has 7 nitrogen and oxygen atoms in total. The standard InChI is InChI=1S/C8H12N2O5/c1-4(11)2-7(13)15-8(14)5(9)3-6(10)12/h5H,2-3,9H2,1H3,(H2,10,12)/t5-/m0/s1. The van der Waals surface area contributed by atoms with Crippen LogP contribution >= 0.6 is 0 Å². The Bertz CT molecular complexity index is 299. The Labute approximate surface area is 85.7 Å². The molecule has 0 bridgehead atoms.